The van der Waals surface area contributed by atoms with Crippen molar-refractivity contribution in [3.8, 4) is 0 Å². The van der Waals surface area contributed by atoms with Crippen LogP contribution in [0.1, 0.15) is 41.3 Å². The SMILES string of the molecule is CC1CCN(c2ccc([N+](=O)[O-])cc2C(=O)NCC(=O)N2CCc3ccccc3C2)CC1. The second-order valence-corrected chi connectivity index (χ2v) is 8.64. The van der Waals surface area contributed by atoms with E-state index in [0.717, 1.165) is 37.9 Å². The van der Waals surface area contributed by atoms with Crippen molar-refractivity contribution in [2.24, 2.45) is 5.92 Å². The molecule has 0 aliphatic carbocycles. The van der Waals surface area contributed by atoms with Crippen molar-refractivity contribution < 1.29 is 14.5 Å². The lowest BCUT2D eigenvalue weighted by atomic mass is 9.98. The Bertz CT molecular complexity index is 1030. The zero-order chi connectivity index (χ0) is 22.7. The summed E-state index contributed by atoms with van der Waals surface area (Å²) in [7, 11) is 0. The molecule has 2 aromatic carbocycles. The van der Waals surface area contributed by atoms with Gasteiger partial charge in [0.2, 0.25) is 5.91 Å². The van der Waals surface area contributed by atoms with Crippen LogP contribution in [0.2, 0.25) is 0 Å². The first kappa shape index (κ1) is 21.8. The number of nitrogens with one attached hydrogen (secondary N) is 1. The molecule has 8 nitrogen and oxygen atoms in total. The van der Waals surface area contributed by atoms with Gasteiger partial charge in [-0.15, -0.1) is 0 Å². The lowest BCUT2D eigenvalue weighted by Crippen LogP contribution is -2.43. The summed E-state index contributed by atoms with van der Waals surface area (Å²) in [6, 6.07) is 12.4. The predicted molar refractivity (Wildman–Crippen MR) is 122 cm³/mol. The molecule has 2 amide bonds. The van der Waals surface area contributed by atoms with Gasteiger partial charge in [-0.05, 0) is 42.4 Å². The Morgan fingerprint density at radius 2 is 1.81 bits per heavy atom. The largest absolute Gasteiger partial charge is 0.371 e. The molecule has 1 N–H and O–H groups in total. The molecule has 0 saturated carbocycles. The Balaban J connectivity index is 1.45. The maximum atomic E-state index is 13.0. The lowest BCUT2D eigenvalue weighted by molar-refractivity contribution is -0.384. The summed E-state index contributed by atoms with van der Waals surface area (Å²) in [4.78, 5) is 40.3. The number of carbonyl (C=O) groups is 2. The van der Waals surface area contributed by atoms with Crippen LogP contribution in [0.15, 0.2) is 42.5 Å². The van der Waals surface area contributed by atoms with Gasteiger partial charge in [-0.2, -0.15) is 0 Å². The normalized spacial score (nSPS) is 16.4. The van der Waals surface area contributed by atoms with Crippen molar-refractivity contribution in [1.29, 1.82) is 0 Å². The number of nitrogens with zero attached hydrogens (tertiary/aromatic N) is 3. The Labute approximate surface area is 187 Å². The second-order valence-electron chi connectivity index (χ2n) is 8.64. The maximum absolute atomic E-state index is 13.0. The first-order chi connectivity index (χ1) is 15.4. The summed E-state index contributed by atoms with van der Waals surface area (Å²) in [6.45, 7) is 4.79. The molecule has 0 spiro atoms. The summed E-state index contributed by atoms with van der Waals surface area (Å²) < 4.78 is 0. The van der Waals surface area contributed by atoms with Crippen molar-refractivity contribution in [2.45, 2.75) is 32.7 Å². The van der Waals surface area contributed by atoms with Crippen molar-refractivity contribution in [3.63, 3.8) is 0 Å². The maximum Gasteiger partial charge on any atom is 0.270 e. The minimum Gasteiger partial charge on any atom is -0.371 e. The van der Waals surface area contributed by atoms with Crippen LogP contribution in [0.25, 0.3) is 0 Å². The number of carbonyl (C=O) groups excluding carboxylic acids is 2. The van der Waals surface area contributed by atoms with Gasteiger partial charge < -0.3 is 15.1 Å². The van der Waals surface area contributed by atoms with Gasteiger partial charge in [0, 0.05) is 38.3 Å². The Kier molecular flexibility index (Phi) is 6.39. The van der Waals surface area contributed by atoms with Gasteiger partial charge in [-0.1, -0.05) is 31.2 Å². The summed E-state index contributed by atoms with van der Waals surface area (Å²) in [5.74, 6) is -0.00594. The molecule has 2 aliphatic heterocycles. The third-order valence-electron chi connectivity index (χ3n) is 6.44. The standard InChI is InChI=1S/C24H28N4O4/c1-17-8-11-26(12-9-17)22-7-6-20(28(31)32)14-21(22)24(30)25-15-23(29)27-13-10-18-4-2-3-5-19(18)16-27/h2-7,14,17H,8-13,15-16H2,1H3,(H,25,30). The third kappa shape index (κ3) is 4.74. The van der Waals surface area contributed by atoms with Gasteiger partial charge in [0.25, 0.3) is 11.6 Å². The first-order valence-electron chi connectivity index (χ1n) is 11.1. The highest BCUT2D eigenvalue weighted by Crippen LogP contribution is 2.29. The number of hydrogen-bond acceptors (Lipinski definition) is 5. The molecule has 0 radical (unpaired) electrons. The fraction of sp³-hybridized carbons (Fsp3) is 0.417. The molecule has 2 aliphatic rings. The monoisotopic (exact) mass is 436 g/mol. The molecule has 168 valence electrons. The van der Waals surface area contributed by atoms with Crippen LogP contribution < -0.4 is 10.2 Å². The number of fused-ring (bicyclic) bond motifs is 1. The number of non-ortho nitro benzene ring substituents is 1. The molecule has 1 saturated heterocycles. The van der Waals surface area contributed by atoms with Crippen molar-refractivity contribution in [3.05, 3.63) is 69.3 Å². The number of benzene rings is 2. The molecule has 4 rings (SSSR count). The number of amides is 2. The molecule has 1 fully saturated rings. The lowest BCUT2D eigenvalue weighted by Gasteiger charge is -2.33. The minimum atomic E-state index is -0.505. The van der Waals surface area contributed by atoms with Crippen molar-refractivity contribution in [2.75, 3.05) is 31.1 Å². The zero-order valence-electron chi connectivity index (χ0n) is 18.3. The average Bonchev–Trinajstić information content (AvgIpc) is 2.82. The van der Waals surface area contributed by atoms with E-state index in [-0.39, 0.29) is 23.7 Å². The fourth-order valence-electron chi connectivity index (χ4n) is 4.42. The van der Waals surface area contributed by atoms with Gasteiger partial charge in [0.05, 0.1) is 22.7 Å². The highest BCUT2D eigenvalue weighted by molar-refractivity contribution is 6.02. The molecule has 2 heterocycles. The molecular weight excluding hydrogens is 408 g/mol. The van der Waals surface area contributed by atoms with Crippen LogP contribution in [-0.2, 0) is 17.8 Å². The van der Waals surface area contributed by atoms with Gasteiger partial charge in [0.1, 0.15) is 0 Å². The van der Waals surface area contributed by atoms with E-state index in [2.05, 4.69) is 23.2 Å². The van der Waals surface area contributed by atoms with E-state index >= 15 is 0 Å². The van der Waals surface area contributed by atoms with E-state index in [0.29, 0.717) is 24.7 Å². The molecule has 0 unspecified atom stereocenters. The average molecular weight is 437 g/mol. The van der Waals surface area contributed by atoms with E-state index in [1.54, 1.807) is 11.0 Å². The molecule has 8 heteroatoms. The van der Waals surface area contributed by atoms with Crippen LogP contribution in [0.5, 0.6) is 0 Å². The summed E-state index contributed by atoms with van der Waals surface area (Å²) in [5, 5.41) is 14.0. The predicted octanol–water partition coefficient (Wildman–Crippen LogP) is 3.15. The Hall–Kier alpha value is -3.42. The Morgan fingerprint density at radius 1 is 1.09 bits per heavy atom. The van der Waals surface area contributed by atoms with E-state index in [4.69, 9.17) is 0 Å². The molecule has 2 aromatic rings. The quantitative estimate of drug-likeness (QED) is 0.574. The highest BCUT2D eigenvalue weighted by Gasteiger charge is 2.25. The van der Waals surface area contributed by atoms with Gasteiger partial charge in [0.15, 0.2) is 0 Å². The highest BCUT2D eigenvalue weighted by atomic mass is 16.6. The van der Waals surface area contributed by atoms with Crippen LogP contribution in [-0.4, -0.2) is 47.8 Å². The van der Waals surface area contributed by atoms with E-state index < -0.39 is 10.8 Å². The smallest absolute Gasteiger partial charge is 0.270 e. The van der Waals surface area contributed by atoms with E-state index in [1.165, 1.54) is 17.7 Å². The van der Waals surface area contributed by atoms with Crippen LogP contribution in [0, 0.1) is 16.0 Å². The third-order valence-corrected chi connectivity index (χ3v) is 6.44. The number of rotatable bonds is 5. The Morgan fingerprint density at radius 3 is 2.53 bits per heavy atom. The minimum absolute atomic E-state index is 0.136. The topological polar surface area (TPSA) is 95.8 Å². The van der Waals surface area contributed by atoms with Crippen molar-refractivity contribution in [1.82, 2.24) is 10.2 Å². The van der Waals surface area contributed by atoms with Crippen LogP contribution in [0.4, 0.5) is 11.4 Å². The summed E-state index contributed by atoms with van der Waals surface area (Å²) in [5.41, 5.74) is 3.16. The van der Waals surface area contributed by atoms with Crippen molar-refractivity contribution >= 4 is 23.2 Å². The first-order valence-corrected chi connectivity index (χ1v) is 11.1. The number of anilines is 1. The molecule has 0 aromatic heterocycles. The molecule has 0 atom stereocenters. The van der Waals surface area contributed by atoms with Crippen LogP contribution in [0.3, 0.4) is 0 Å². The number of nitro groups is 1. The summed E-state index contributed by atoms with van der Waals surface area (Å²) in [6.07, 6.45) is 2.80. The number of nitro benzene ring substituents is 1. The fourth-order valence-corrected chi connectivity index (χ4v) is 4.42. The van der Waals surface area contributed by atoms with Gasteiger partial charge in [-0.3, -0.25) is 19.7 Å². The van der Waals surface area contributed by atoms with Gasteiger partial charge in [-0.25, -0.2) is 0 Å². The van der Waals surface area contributed by atoms with Crippen LogP contribution >= 0.6 is 0 Å². The molecule has 32 heavy (non-hydrogen) atoms. The molecular formula is C24H28N4O4. The second kappa shape index (κ2) is 9.38. The molecule has 0 bridgehead atoms. The van der Waals surface area contributed by atoms with E-state index in [1.807, 2.05) is 18.2 Å². The van der Waals surface area contributed by atoms with E-state index in [9.17, 15) is 19.7 Å². The number of hydrogen-bond donors (Lipinski definition) is 1. The number of piperidine rings is 1. The zero-order valence-corrected chi connectivity index (χ0v) is 18.3. The summed E-state index contributed by atoms with van der Waals surface area (Å²) >= 11 is 0. The van der Waals surface area contributed by atoms with Gasteiger partial charge >= 0.3 is 0 Å².